The van der Waals surface area contributed by atoms with Gasteiger partial charge in [-0.1, -0.05) is 18.2 Å². The fraction of sp³-hybridized carbons (Fsp3) is 0.333. The normalized spacial score (nSPS) is 18.9. The van der Waals surface area contributed by atoms with Crippen LogP contribution in [0.2, 0.25) is 0 Å². The zero-order valence-corrected chi connectivity index (χ0v) is 12.5. The maximum atomic E-state index is 12.6. The van der Waals surface area contributed by atoms with Gasteiger partial charge >= 0.3 is 5.56 Å². The van der Waals surface area contributed by atoms with Crippen LogP contribution < -0.4 is 5.56 Å². The van der Waals surface area contributed by atoms with Crippen LogP contribution in [-0.2, 0) is 9.84 Å². The number of hydrogen-bond acceptors (Lipinski definition) is 5. The molecule has 1 aliphatic heterocycles. The SMILES string of the molecule is O=c1c2oc3ccccc3c2cnn1C1CCS(=O)(=O)CC1. The summed E-state index contributed by atoms with van der Waals surface area (Å²) in [5.74, 6) is 0.202. The summed E-state index contributed by atoms with van der Waals surface area (Å²) in [4.78, 5) is 12.6. The van der Waals surface area contributed by atoms with E-state index in [9.17, 15) is 13.2 Å². The second-order valence-corrected chi connectivity index (χ2v) is 7.92. The van der Waals surface area contributed by atoms with Crippen molar-refractivity contribution in [3.05, 3.63) is 40.8 Å². The van der Waals surface area contributed by atoms with Gasteiger partial charge in [-0.15, -0.1) is 0 Å². The van der Waals surface area contributed by atoms with Gasteiger partial charge < -0.3 is 4.42 Å². The third-order valence-corrected chi connectivity index (χ3v) is 5.93. The van der Waals surface area contributed by atoms with Crippen LogP contribution >= 0.6 is 0 Å². The fourth-order valence-corrected chi connectivity index (χ4v) is 4.48. The molecule has 1 aromatic carbocycles. The predicted molar refractivity (Wildman–Crippen MR) is 82.7 cm³/mol. The molecule has 1 saturated heterocycles. The van der Waals surface area contributed by atoms with E-state index in [1.165, 1.54) is 4.68 Å². The van der Waals surface area contributed by atoms with E-state index < -0.39 is 9.84 Å². The van der Waals surface area contributed by atoms with Crippen molar-refractivity contribution >= 4 is 31.8 Å². The summed E-state index contributed by atoms with van der Waals surface area (Å²) in [6.07, 6.45) is 2.47. The molecular formula is C15H14N2O4S. The van der Waals surface area contributed by atoms with Gasteiger partial charge in [-0.25, -0.2) is 13.1 Å². The molecule has 0 spiro atoms. The Morgan fingerprint density at radius 1 is 1.14 bits per heavy atom. The second-order valence-electron chi connectivity index (χ2n) is 5.62. The first-order valence-electron chi connectivity index (χ1n) is 7.15. The average Bonchev–Trinajstić information content (AvgIpc) is 2.88. The van der Waals surface area contributed by atoms with Crippen molar-refractivity contribution in [3.8, 4) is 0 Å². The van der Waals surface area contributed by atoms with Crippen molar-refractivity contribution in [1.82, 2.24) is 9.78 Å². The zero-order chi connectivity index (χ0) is 15.3. The van der Waals surface area contributed by atoms with Crippen LogP contribution in [0.25, 0.3) is 21.9 Å². The Labute approximate surface area is 126 Å². The minimum absolute atomic E-state index is 0.101. The van der Waals surface area contributed by atoms with Crippen molar-refractivity contribution in [2.24, 2.45) is 0 Å². The molecule has 0 atom stereocenters. The number of furan rings is 1. The molecule has 0 unspecified atom stereocenters. The zero-order valence-electron chi connectivity index (χ0n) is 11.7. The van der Waals surface area contributed by atoms with Crippen molar-refractivity contribution < 1.29 is 12.8 Å². The highest BCUT2D eigenvalue weighted by atomic mass is 32.2. The molecule has 0 radical (unpaired) electrons. The molecule has 0 saturated carbocycles. The summed E-state index contributed by atoms with van der Waals surface area (Å²) in [5, 5.41) is 5.81. The van der Waals surface area contributed by atoms with Gasteiger partial charge in [-0.05, 0) is 18.9 Å². The number of hydrogen-bond donors (Lipinski definition) is 0. The molecule has 7 heteroatoms. The van der Waals surface area contributed by atoms with Gasteiger partial charge in [0.1, 0.15) is 15.4 Å². The van der Waals surface area contributed by atoms with Gasteiger partial charge in [-0.2, -0.15) is 5.10 Å². The van der Waals surface area contributed by atoms with Crippen molar-refractivity contribution in [2.45, 2.75) is 18.9 Å². The van der Waals surface area contributed by atoms with Crippen LogP contribution in [0.15, 0.2) is 39.7 Å². The summed E-state index contributed by atoms with van der Waals surface area (Å²) in [6, 6.07) is 7.25. The molecule has 3 heterocycles. The molecule has 0 bridgehead atoms. The molecule has 22 heavy (non-hydrogen) atoms. The van der Waals surface area contributed by atoms with Crippen molar-refractivity contribution in [2.75, 3.05) is 11.5 Å². The Morgan fingerprint density at radius 3 is 2.64 bits per heavy atom. The minimum Gasteiger partial charge on any atom is -0.450 e. The maximum absolute atomic E-state index is 12.6. The van der Waals surface area contributed by atoms with Gasteiger partial charge in [-0.3, -0.25) is 4.79 Å². The highest BCUT2D eigenvalue weighted by Gasteiger charge is 2.27. The highest BCUT2D eigenvalue weighted by Crippen LogP contribution is 2.27. The molecule has 1 aliphatic rings. The number of nitrogens with zero attached hydrogens (tertiary/aromatic N) is 2. The van der Waals surface area contributed by atoms with E-state index in [0.29, 0.717) is 23.8 Å². The Kier molecular flexibility index (Phi) is 2.87. The van der Waals surface area contributed by atoms with E-state index in [-0.39, 0.29) is 28.7 Å². The van der Waals surface area contributed by atoms with E-state index in [2.05, 4.69) is 5.10 Å². The molecule has 1 fully saturated rings. The lowest BCUT2D eigenvalue weighted by atomic mass is 10.1. The number of fused-ring (bicyclic) bond motifs is 3. The molecule has 114 valence electrons. The summed E-state index contributed by atoms with van der Waals surface area (Å²) in [6.45, 7) is 0. The largest absolute Gasteiger partial charge is 0.450 e. The summed E-state index contributed by atoms with van der Waals surface area (Å²) < 4.78 is 30.1. The Balaban J connectivity index is 1.85. The fourth-order valence-electron chi connectivity index (χ4n) is 3.01. The summed E-state index contributed by atoms with van der Waals surface area (Å²) >= 11 is 0. The standard InChI is InChI=1S/C15H14N2O4S/c18-15-14-12(11-3-1-2-4-13(11)21-14)9-16-17(15)10-5-7-22(19,20)8-6-10/h1-4,9-10H,5-8H2. The minimum atomic E-state index is -2.97. The number of rotatable bonds is 1. The van der Waals surface area contributed by atoms with Crippen molar-refractivity contribution in [1.29, 1.82) is 0 Å². The van der Waals surface area contributed by atoms with Crippen LogP contribution in [0.3, 0.4) is 0 Å². The van der Waals surface area contributed by atoms with E-state index >= 15 is 0 Å². The molecule has 0 amide bonds. The predicted octanol–water partition coefficient (Wildman–Crippen LogP) is 1.89. The van der Waals surface area contributed by atoms with E-state index in [1.54, 1.807) is 6.20 Å². The first-order chi connectivity index (χ1) is 10.6. The third-order valence-electron chi connectivity index (χ3n) is 4.22. The molecule has 2 aromatic heterocycles. The molecule has 0 aliphatic carbocycles. The third kappa shape index (κ3) is 2.04. The lowest BCUT2D eigenvalue weighted by molar-refractivity contribution is 0.396. The van der Waals surface area contributed by atoms with Gasteiger partial charge in [0.25, 0.3) is 0 Å². The van der Waals surface area contributed by atoms with Crippen LogP contribution in [-0.4, -0.2) is 29.7 Å². The first kappa shape index (κ1) is 13.5. The molecule has 4 rings (SSSR count). The van der Waals surface area contributed by atoms with Gasteiger partial charge in [0.05, 0.1) is 29.1 Å². The maximum Gasteiger partial charge on any atom is 0.310 e. The van der Waals surface area contributed by atoms with E-state index in [4.69, 9.17) is 4.42 Å². The topological polar surface area (TPSA) is 82.2 Å². The monoisotopic (exact) mass is 318 g/mol. The number of benzene rings is 1. The van der Waals surface area contributed by atoms with Crippen LogP contribution in [0.4, 0.5) is 0 Å². The Bertz CT molecular complexity index is 1020. The molecule has 3 aromatic rings. The summed E-state index contributed by atoms with van der Waals surface area (Å²) in [7, 11) is -2.97. The first-order valence-corrected chi connectivity index (χ1v) is 8.97. The highest BCUT2D eigenvalue weighted by molar-refractivity contribution is 7.91. The van der Waals surface area contributed by atoms with E-state index in [0.717, 1.165) is 5.39 Å². The van der Waals surface area contributed by atoms with Gasteiger partial charge in [0.2, 0.25) is 5.58 Å². The number of sulfone groups is 1. The quantitative estimate of drug-likeness (QED) is 0.684. The Morgan fingerprint density at radius 2 is 1.86 bits per heavy atom. The van der Waals surface area contributed by atoms with Crippen LogP contribution in [0, 0.1) is 0 Å². The van der Waals surface area contributed by atoms with Gasteiger partial charge in [0, 0.05) is 5.39 Å². The van der Waals surface area contributed by atoms with Gasteiger partial charge in [0.15, 0.2) is 0 Å². The molecular weight excluding hydrogens is 304 g/mol. The second kappa shape index (κ2) is 4.67. The Hall–Kier alpha value is -2.15. The average molecular weight is 318 g/mol. The van der Waals surface area contributed by atoms with Crippen molar-refractivity contribution in [3.63, 3.8) is 0 Å². The lowest BCUT2D eigenvalue weighted by Gasteiger charge is -2.22. The van der Waals surface area contributed by atoms with E-state index in [1.807, 2.05) is 24.3 Å². The molecule has 0 N–H and O–H groups in total. The lowest BCUT2D eigenvalue weighted by Crippen LogP contribution is -2.33. The van der Waals surface area contributed by atoms with Crippen LogP contribution in [0.1, 0.15) is 18.9 Å². The molecule has 6 nitrogen and oxygen atoms in total. The smallest absolute Gasteiger partial charge is 0.310 e. The van der Waals surface area contributed by atoms with Crippen LogP contribution in [0.5, 0.6) is 0 Å². The number of aromatic nitrogens is 2. The summed E-state index contributed by atoms with van der Waals surface area (Å²) in [5.41, 5.74) is 0.642. The number of para-hydroxylation sites is 1.